The highest BCUT2D eigenvalue weighted by Crippen LogP contribution is 2.30. The zero-order chi connectivity index (χ0) is 21.8. The number of carbonyl (C=O) groups is 1. The molecule has 2 rings (SSSR count). The van der Waals surface area contributed by atoms with Gasteiger partial charge in [0.15, 0.2) is 11.5 Å². The van der Waals surface area contributed by atoms with E-state index in [1.165, 1.54) is 39.5 Å². The van der Waals surface area contributed by atoms with E-state index in [0.29, 0.717) is 11.5 Å². The van der Waals surface area contributed by atoms with E-state index in [0.717, 1.165) is 9.87 Å². The van der Waals surface area contributed by atoms with Crippen molar-refractivity contribution in [3.8, 4) is 11.5 Å². The lowest BCUT2D eigenvalue weighted by atomic mass is 10.1. The van der Waals surface area contributed by atoms with Gasteiger partial charge in [-0.25, -0.2) is 8.42 Å². The van der Waals surface area contributed by atoms with Crippen LogP contribution in [0.1, 0.15) is 18.5 Å². The Kier molecular flexibility index (Phi) is 7.76. The maximum atomic E-state index is 12.7. The number of benzene rings is 2. The normalized spacial score (nSPS) is 12.5. The largest absolute Gasteiger partial charge is 0.493 e. The van der Waals surface area contributed by atoms with Crippen LogP contribution in [-0.2, 0) is 14.8 Å². The molecular weight excluding hydrogens is 439 g/mol. The Balaban J connectivity index is 2.11. The van der Waals surface area contributed by atoms with E-state index >= 15 is 0 Å². The molecule has 0 aliphatic rings. The fraction of sp³-hybridized carbons (Fsp3) is 0.316. The Labute approximate surface area is 180 Å². The number of likely N-dealkylation sites (N-methyl/N-ethyl adjacent to an activating group) is 1. The second-order valence-corrected chi connectivity index (χ2v) is 9.10. The van der Waals surface area contributed by atoms with Gasteiger partial charge in [-0.15, -0.1) is 0 Å². The lowest BCUT2D eigenvalue weighted by Crippen LogP contribution is -2.39. The standard InChI is InChI=1S/C19H22Cl2N2O5S/c1-12(13-5-8-16(27-3)17(9-13)28-4)22-19(24)11-23(2)29(25,26)18-10-14(20)6-7-15(18)21/h5-10,12H,11H2,1-4H3,(H,22,24). The van der Waals surface area contributed by atoms with Gasteiger partial charge in [0.25, 0.3) is 0 Å². The summed E-state index contributed by atoms with van der Waals surface area (Å²) in [6.07, 6.45) is 0. The molecule has 1 N–H and O–H groups in total. The summed E-state index contributed by atoms with van der Waals surface area (Å²) in [5.41, 5.74) is 0.777. The predicted molar refractivity (Wildman–Crippen MR) is 112 cm³/mol. The van der Waals surface area contributed by atoms with Crippen molar-refractivity contribution in [1.29, 1.82) is 0 Å². The summed E-state index contributed by atoms with van der Waals surface area (Å²) in [5.74, 6) is 0.622. The molecule has 10 heteroatoms. The summed E-state index contributed by atoms with van der Waals surface area (Å²) < 4.78 is 36.8. The van der Waals surface area contributed by atoms with Crippen LogP contribution in [0, 0.1) is 0 Å². The van der Waals surface area contributed by atoms with Gasteiger partial charge >= 0.3 is 0 Å². The van der Waals surface area contributed by atoms with Crippen molar-refractivity contribution in [2.24, 2.45) is 0 Å². The number of nitrogens with one attached hydrogen (secondary N) is 1. The van der Waals surface area contributed by atoms with Crippen LogP contribution < -0.4 is 14.8 Å². The van der Waals surface area contributed by atoms with Gasteiger partial charge in [0.05, 0.1) is 31.8 Å². The lowest BCUT2D eigenvalue weighted by molar-refractivity contribution is -0.121. The fourth-order valence-electron chi connectivity index (χ4n) is 2.62. The first kappa shape index (κ1) is 23.3. The van der Waals surface area contributed by atoms with Crippen molar-refractivity contribution in [2.45, 2.75) is 17.9 Å². The van der Waals surface area contributed by atoms with Gasteiger partial charge in [0, 0.05) is 12.1 Å². The maximum absolute atomic E-state index is 12.7. The minimum Gasteiger partial charge on any atom is -0.493 e. The molecule has 0 aliphatic heterocycles. The number of amides is 1. The molecule has 0 fully saturated rings. The van der Waals surface area contributed by atoms with E-state index in [1.54, 1.807) is 25.1 Å². The topological polar surface area (TPSA) is 84.9 Å². The SMILES string of the molecule is COc1ccc(C(C)NC(=O)CN(C)S(=O)(=O)c2cc(Cl)ccc2Cl)cc1OC. The van der Waals surface area contributed by atoms with Crippen molar-refractivity contribution < 1.29 is 22.7 Å². The average molecular weight is 461 g/mol. The van der Waals surface area contributed by atoms with Crippen LogP contribution in [0.5, 0.6) is 11.5 Å². The Hall–Kier alpha value is -2.00. The van der Waals surface area contributed by atoms with Crippen molar-refractivity contribution >= 4 is 39.1 Å². The van der Waals surface area contributed by atoms with E-state index in [4.69, 9.17) is 32.7 Å². The number of ether oxygens (including phenoxy) is 2. The summed E-state index contributed by atoms with van der Waals surface area (Å²) in [5, 5.41) is 3.02. The molecule has 2 aromatic carbocycles. The van der Waals surface area contributed by atoms with E-state index in [2.05, 4.69) is 5.32 Å². The number of sulfonamides is 1. The molecule has 1 unspecified atom stereocenters. The molecule has 0 bridgehead atoms. The summed E-state index contributed by atoms with van der Waals surface area (Å²) in [6, 6.07) is 9.01. The monoisotopic (exact) mass is 460 g/mol. The summed E-state index contributed by atoms with van der Waals surface area (Å²) in [7, 11) is 0.364. The predicted octanol–water partition coefficient (Wildman–Crippen LogP) is 3.51. The molecule has 0 aromatic heterocycles. The molecule has 2 aromatic rings. The molecule has 0 saturated heterocycles. The van der Waals surface area contributed by atoms with E-state index in [-0.39, 0.29) is 27.5 Å². The lowest BCUT2D eigenvalue weighted by Gasteiger charge is -2.20. The highest BCUT2D eigenvalue weighted by atomic mass is 35.5. The smallest absolute Gasteiger partial charge is 0.244 e. The first-order valence-electron chi connectivity index (χ1n) is 8.52. The highest BCUT2D eigenvalue weighted by Gasteiger charge is 2.26. The molecule has 0 saturated carbocycles. The molecule has 0 heterocycles. The molecule has 0 aliphatic carbocycles. The third kappa shape index (κ3) is 5.54. The number of carbonyl (C=O) groups excluding carboxylic acids is 1. The van der Waals surface area contributed by atoms with Gasteiger partial charge in [-0.1, -0.05) is 29.3 Å². The molecule has 0 radical (unpaired) electrons. The van der Waals surface area contributed by atoms with Crippen LogP contribution in [0.15, 0.2) is 41.3 Å². The van der Waals surface area contributed by atoms with Crippen molar-refractivity contribution in [3.63, 3.8) is 0 Å². The van der Waals surface area contributed by atoms with Crippen LogP contribution in [0.25, 0.3) is 0 Å². The number of nitrogens with zero attached hydrogens (tertiary/aromatic N) is 1. The highest BCUT2D eigenvalue weighted by molar-refractivity contribution is 7.89. The van der Waals surface area contributed by atoms with Gasteiger partial charge in [0.2, 0.25) is 15.9 Å². The number of methoxy groups -OCH3 is 2. The molecule has 158 valence electrons. The van der Waals surface area contributed by atoms with Gasteiger partial charge in [-0.2, -0.15) is 4.31 Å². The van der Waals surface area contributed by atoms with Crippen LogP contribution >= 0.6 is 23.2 Å². The second kappa shape index (κ2) is 9.67. The van der Waals surface area contributed by atoms with E-state index in [9.17, 15) is 13.2 Å². The van der Waals surface area contributed by atoms with Crippen LogP contribution in [0.3, 0.4) is 0 Å². The number of halogens is 2. The first-order valence-corrected chi connectivity index (χ1v) is 10.7. The number of hydrogen-bond donors (Lipinski definition) is 1. The Bertz CT molecular complexity index is 998. The molecular formula is C19H22Cl2N2O5S. The zero-order valence-corrected chi connectivity index (χ0v) is 18.7. The molecule has 7 nitrogen and oxygen atoms in total. The Morgan fingerprint density at radius 3 is 2.38 bits per heavy atom. The first-order chi connectivity index (χ1) is 13.6. The maximum Gasteiger partial charge on any atom is 0.244 e. The second-order valence-electron chi connectivity index (χ2n) is 6.24. The third-order valence-electron chi connectivity index (χ3n) is 4.23. The third-order valence-corrected chi connectivity index (χ3v) is 6.75. The number of rotatable bonds is 8. The van der Waals surface area contributed by atoms with Crippen LogP contribution in [0.2, 0.25) is 10.0 Å². The van der Waals surface area contributed by atoms with Gasteiger partial charge in [0.1, 0.15) is 4.90 Å². The van der Waals surface area contributed by atoms with Gasteiger partial charge in [-0.3, -0.25) is 4.79 Å². The van der Waals surface area contributed by atoms with E-state index in [1.807, 2.05) is 0 Å². The van der Waals surface area contributed by atoms with Gasteiger partial charge < -0.3 is 14.8 Å². The summed E-state index contributed by atoms with van der Waals surface area (Å²) in [4.78, 5) is 12.3. The fourth-order valence-corrected chi connectivity index (χ4v) is 4.48. The summed E-state index contributed by atoms with van der Waals surface area (Å²) in [6.45, 7) is 1.39. The van der Waals surface area contributed by atoms with Crippen molar-refractivity contribution in [3.05, 3.63) is 52.0 Å². The van der Waals surface area contributed by atoms with Crippen LogP contribution in [-0.4, -0.2) is 46.4 Å². The Morgan fingerprint density at radius 1 is 1.10 bits per heavy atom. The van der Waals surface area contributed by atoms with E-state index < -0.39 is 15.9 Å². The molecule has 1 amide bonds. The minimum absolute atomic E-state index is 0.0281. The van der Waals surface area contributed by atoms with Crippen molar-refractivity contribution in [2.75, 3.05) is 27.8 Å². The molecule has 0 spiro atoms. The summed E-state index contributed by atoms with van der Waals surface area (Å²) >= 11 is 11.9. The quantitative estimate of drug-likeness (QED) is 0.651. The zero-order valence-electron chi connectivity index (χ0n) is 16.4. The Morgan fingerprint density at radius 2 is 1.76 bits per heavy atom. The minimum atomic E-state index is -3.99. The number of hydrogen-bond acceptors (Lipinski definition) is 5. The van der Waals surface area contributed by atoms with Crippen molar-refractivity contribution in [1.82, 2.24) is 9.62 Å². The molecule has 29 heavy (non-hydrogen) atoms. The van der Waals surface area contributed by atoms with Crippen LogP contribution in [0.4, 0.5) is 0 Å². The molecule has 1 atom stereocenters. The average Bonchev–Trinajstić information content (AvgIpc) is 2.68. The van der Waals surface area contributed by atoms with Gasteiger partial charge in [-0.05, 0) is 42.8 Å².